The number of anilines is 1. The minimum atomic E-state index is -3.32. The first-order valence-electron chi connectivity index (χ1n) is 6.25. The summed E-state index contributed by atoms with van der Waals surface area (Å²) in [5.41, 5.74) is 2.50. The van der Waals surface area contributed by atoms with Gasteiger partial charge in [0.2, 0.25) is 10.0 Å². The maximum absolute atomic E-state index is 11.8. The summed E-state index contributed by atoms with van der Waals surface area (Å²) in [7, 11) is -3.32. The molecule has 0 aliphatic carbocycles. The van der Waals surface area contributed by atoms with Crippen molar-refractivity contribution in [1.29, 1.82) is 0 Å². The van der Waals surface area contributed by atoms with Gasteiger partial charge in [0.15, 0.2) is 5.82 Å². The van der Waals surface area contributed by atoms with Crippen LogP contribution in [0.15, 0.2) is 35.2 Å². The molecule has 0 radical (unpaired) electrons. The van der Waals surface area contributed by atoms with Crippen molar-refractivity contribution in [3.8, 4) is 11.3 Å². The Morgan fingerprint density at radius 1 is 1.33 bits per heavy atom. The average Bonchev–Trinajstić information content (AvgIpc) is 2.81. The third kappa shape index (κ3) is 2.63. The molecule has 1 aliphatic heterocycles. The van der Waals surface area contributed by atoms with Crippen LogP contribution >= 0.6 is 23.4 Å². The highest BCUT2D eigenvalue weighted by Gasteiger charge is 2.29. The van der Waals surface area contributed by atoms with Gasteiger partial charge in [-0.15, -0.1) is 0 Å². The van der Waals surface area contributed by atoms with Gasteiger partial charge in [-0.25, -0.2) is 17.7 Å². The molecule has 1 aromatic carbocycles. The average molecular weight is 341 g/mol. The van der Waals surface area contributed by atoms with Crippen LogP contribution in [-0.2, 0) is 10.0 Å². The monoisotopic (exact) mass is 340 g/mol. The molecule has 0 spiro atoms. The predicted octanol–water partition coefficient (Wildman–Crippen LogP) is 3.54. The summed E-state index contributed by atoms with van der Waals surface area (Å²) in [6.07, 6.45) is 1.19. The number of thioether (sulfide) groups is 1. The molecule has 7 heteroatoms. The van der Waals surface area contributed by atoms with Gasteiger partial charge in [0.05, 0.1) is 22.7 Å². The van der Waals surface area contributed by atoms with Crippen LogP contribution in [0.3, 0.4) is 0 Å². The Bertz CT molecular complexity index is 822. The van der Waals surface area contributed by atoms with Gasteiger partial charge in [-0.2, -0.15) is 0 Å². The van der Waals surface area contributed by atoms with Crippen molar-refractivity contribution in [2.24, 2.45) is 0 Å². The van der Waals surface area contributed by atoms with Gasteiger partial charge in [-0.1, -0.05) is 41.6 Å². The molecule has 2 aromatic rings. The highest BCUT2D eigenvalue weighted by atomic mass is 35.5. The third-order valence-corrected chi connectivity index (χ3v) is 5.86. The smallest absolute Gasteiger partial charge is 0.234 e. The summed E-state index contributed by atoms with van der Waals surface area (Å²) < 4.78 is 25.0. The molecule has 0 amide bonds. The van der Waals surface area contributed by atoms with E-state index in [0.29, 0.717) is 16.7 Å². The molecule has 0 fully saturated rings. The maximum atomic E-state index is 11.8. The molecule has 0 saturated heterocycles. The summed E-state index contributed by atoms with van der Waals surface area (Å²) in [6.45, 7) is 1.95. The maximum Gasteiger partial charge on any atom is 0.234 e. The molecule has 1 aromatic heterocycles. The number of nitrogens with zero attached hydrogens (tertiary/aromatic N) is 2. The van der Waals surface area contributed by atoms with Crippen molar-refractivity contribution in [3.05, 3.63) is 40.9 Å². The molecular formula is C14H13ClN2O2S2. The van der Waals surface area contributed by atoms with E-state index in [0.717, 1.165) is 21.7 Å². The van der Waals surface area contributed by atoms with Gasteiger partial charge in [0.1, 0.15) is 0 Å². The van der Waals surface area contributed by atoms with Gasteiger partial charge in [0, 0.05) is 10.6 Å². The van der Waals surface area contributed by atoms with E-state index in [-0.39, 0.29) is 0 Å². The molecule has 110 valence electrons. The molecule has 1 aliphatic rings. The number of hydrogen-bond donors (Lipinski definition) is 0. The fraction of sp³-hybridized carbons (Fsp3) is 0.214. The second-order valence-corrected chi connectivity index (χ2v) is 8.14. The van der Waals surface area contributed by atoms with Crippen LogP contribution in [0.2, 0.25) is 5.02 Å². The van der Waals surface area contributed by atoms with E-state index in [1.54, 1.807) is 6.07 Å². The molecule has 0 unspecified atom stereocenters. The first kappa shape index (κ1) is 14.7. The quantitative estimate of drug-likeness (QED) is 0.839. The Hall–Kier alpha value is -1.24. The highest BCUT2D eigenvalue weighted by molar-refractivity contribution is 8.02. The summed E-state index contributed by atoms with van der Waals surface area (Å²) >= 11 is 7.71. The molecule has 2 heterocycles. The Kier molecular flexibility index (Phi) is 3.63. The first-order chi connectivity index (χ1) is 9.88. The fourth-order valence-corrected chi connectivity index (χ4v) is 4.82. The predicted molar refractivity (Wildman–Crippen MR) is 87.5 cm³/mol. The molecule has 3 rings (SSSR count). The number of halogens is 1. The molecule has 4 nitrogen and oxygen atoms in total. The van der Waals surface area contributed by atoms with Crippen LogP contribution in [0.4, 0.5) is 5.82 Å². The first-order valence-corrected chi connectivity index (χ1v) is 9.46. The number of aryl methyl sites for hydroxylation is 1. The van der Waals surface area contributed by atoms with Crippen molar-refractivity contribution in [1.82, 2.24) is 4.98 Å². The number of sulfonamides is 1. The van der Waals surface area contributed by atoms with E-state index >= 15 is 0 Å². The lowest BCUT2D eigenvalue weighted by atomic mass is 10.1. The summed E-state index contributed by atoms with van der Waals surface area (Å²) in [4.78, 5) is 5.46. The Morgan fingerprint density at radius 3 is 2.71 bits per heavy atom. The van der Waals surface area contributed by atoms with Crippen LogP contribution in [-0.4, -0.2) is 25.5 Å². The second kappa shape index (κ2) is 5.19. The van der Waals surface area contributed by atoms with Crippen LogP contribution < -0.4 is 4.31 Å². The van der Waals surface area contributed by atoms with E-state index in [9.17, 15) is 8.42 Å². The van der Waals surface area contributed by atoms with Crippen molar-refractivity contribution in [3.63, 3.8) is 0 Å². The SMILES string of the molecule is Cc1cc2c(nc1-c1ccccc1Cl)N(S(C)(=O)=O)CS2. The van der Waals surface area contributed by atoms with Crippen molar-refractivity contribution < 1.29 is 8.42 Å². The number of rotatable bonds is 2. The fourth-order valence-electron chi connectivity index (χ4n) is 2.23. The zero-order valence-electron chi connectivity index (χ0n) is 11.5. The van der Waals surface area contributed by atoms with Gasteiger partial charge in [-0.05, 0) is 24.6 Å². The van der Waals surface area contributed by atoms with E-state index < -0.39 is 10.0 Å². The number of fused-ring (bicyclic) bond motifs is 1. The molecule has 0 atom stereocenters. The number of hydrogen-bond acceptors (Lipinski definition) is 4. The van der Waals surface area contributed by atoms with Crippen LogP contribution in [0.25, 0.3) is 11.3 Å². The van der Waals surface area contributed by atoms with Gasteiger partial charge < -0.3 is 0 Å². The van der Waals surface area contributed by atoms with E-state index in [2.05, 4.69) is 4.98 Å². The lowest BCUT2D eigenvalue weighted by Crippen LogP contribution is -2.27. The molecule has 0 N–H and O–H groups in total. The normalized spacial score (nSPS) is 14.3. The van der Waals surface area contributed by atoms with E-state index in [1.165, 1.54) is 22.3 Å². The van der Waals surface area contributed by atoms with Crippen molar-refractivity contribution >= 4 is 39.2 Å². The number of benzene rings is 1. The topological polar surface area (TPSA) is 50.3 Å². The van der Waals surface area contributed by atoms with E-state index in [1.807, 2.05) is 31.2 Å². The number of aromatic nitrogens is 1. The van der Waals surface area contributed by atoms with E-state index in [4.69, 9.17) is 11.6 Å². The van der Waals surface area contributed by atoms with Crippen LogP contribution in [0.1, 0.15) is 5.56 Å². The standard InChI is InChI=1S/C14H13ClN2O2S2/c1-9-7-12-14(17(8-20-12)21(2,18)19)16-13(9)10-5-3-4-6-11(10)15/h3-7H,8H2,1-2H3. The van der Waals surface area contributed by atoms with Crippen LogP contribution in [0, 0.1) is 6.92 Å². The third-order valence-electron chi connectivity index (χ3n) is 3.26. The van der Waals surface area contributed by atoms with Gasteiger partial charge >= 0.3 is 0 Å². The Morgan fingerprint density at radius 2 is 2.05 bits per heavy atom. The lowest BCUT2D eigenvalue weighted by Gasteiger charge is -2.16. The Balaban J connectivity index is 2.20. The largest absolute Gasteiger partial charge is 0.242 e. The minimum absolute atomic E-state index is 0.368. The van der Waals surface area contributed by atoms with Gasteiger partial charge in [0.25, 0.3) is 0 Å². The summed E-state index contributed by atoms with van der Waals surface area (Å²) in [5.74, 6) is 0.857. The zero-order valence-corrected chi connectivity index (χ0v) is 13.9. The second-order valence-electron chi connectivity index (χ2n) is 4.84. The zero-order chi connectivity index (χ0) is 15.2. The van der Waals surface area contributed by atoms with Crippen molar-refractivity contribution in [2.45, 2.75) is 11.8 Å². The molecule has 0 saturated carbocycles. The van der Waals surface area contributed by atoms with Crippen LogP contribution in [0.5, 0.6) is 0 Å². The highest BCUT2D eigenvalue weighted by Crippen LogP contribution is 2.41. The minimum Gasteiger partial charge on any atom is -0.242 e. The number of pyridine rings is 1. The van der Waals surface area contributed by atoms with Gasteiger partial charge in [-0.3, -0.25) is 0 Å². The molecule has 0 bridgehead atoms. The van der Waals surface area contributed by atoms with Crippen molar-refractivity contribution in [2.75, 3.05) is 16.4 Å². The molecule has 21 heavy (non-hydrogen) atoms. The summed E-state index contributed by atoms with van der Waals surface area (Å²) in [6, 6.07) is 9.40. The lowest BCUT2D eigenvalue weighted by molar-refractivity contribution is 0.599. The summed E-state index contributed by atoms with van der Waals surface area (Å²) in [5, 5.41) is 0.601. The molecular weight excluding hydrogens is 328 g/mol. The Labute approximate surface area is 133 Å².